The first-order valence-electron chi connectivity index (χ1n) is 5.10. The molecule has 1 aliphatic rings. The zero-order valence-electron chi connectivity index (χ0n) is 8.98. The molecule has 4 N–H and O–H groups in total. The number of hydrogen-bond donors (Lipinski definition) is 3. The number of likely N-dealkylation sites (tertiary alicyclic amines) is 1. The minimum absolute atomic E-state index is 0.272. The monoisotopic (exact) mass is 217 g/mol. The highest BCUT2D eigenvalue weighted by molar-refractivity contribution is 5.81. The molecule has 1 heterocycles. The summed E-state index contributed by atoms with van der Waals surface area (Å²) in [7, 11) is 1.54. The van der Waals surface area contributed by atoms with Crippen molar-refractivity contribution >= 4 is 5.91 Å². The van der Waals surface area contributed by atoms with E-state index in [0.717, 1.165) is 19.4 Å². The molecule has 88 valence electrons. The van der Waals surface area contributed by atoms with E-state index in [1.54, 1.807) is 0 Å². The summed E-state index contributed by atoms with van der Waals surface area (Å²) in [6.07, 6.45) is 1.32. The number of hydrogen-bond acceptors (Lipinski definition) is 5. The summed E-state index contributed by atoms with van der Waals surface area (Å²) in [5.41, 5.74) is 2.12. The van der Waals surface area contributed by atoms with E-state index in [4.69, 9.17) is 10.6 Å². The maximum absolute atomic E-state index is 11.5. The van der Waals surface area contributed by atoms with Crippen LogP contribution in [-0.2, 0) is 9.53 Å². The van der Waals surface area contributed by atoms with E-state index in [9.17, 15) is 9.90 Å². The van der Waals surface area contributed by atoms with Crippen LogP contribution in [0.15, 0.2) is 0 Å². The molecule has 0 spiro atoms. The van der Waals surface area contributed by atoms with Gasteiger partial charge in [0.25, 0.3) is 5.91 Å². The third-order valence-corrected chi connectivity index (χ3v) is 2.64. The third-order valence-electron chi connectivity index (χ3n) is 2.64. The van der Waals surface area contributed by atoms with E-state index >= 15 is 0 Å². The van der Waals surface area contributed by atoms with Gasteiger partial charge in [0.2, 0.25) is 0 Å². The number of nitrogens with zero attached hydrogens (tertiary/aromatic N) is 1. The molecule has 15 heavy (non-hydrogen) atoms. The van der Waals surface area contributed by atoms with Crippen molar-refractivity contribution in [1.29, 1.82) is 0 Å². The predicted octanol–water partition coefficient (Wildman–Crippen LogP) is -1.55. The van der Waals surface area contributed by atoms with Crippen molar-refractivity contribution in [2.24, 2.45) is 5.84 Å². The second-order valence-electron chi connectivity index (χ2n) is 3.77. The molecule has 1 amide bonds. The zero-order chi connectivity index (χ0) is 11.3. The number of aliphatic hydroxyl groups is 1. The Balaban J connectivity index is 2.57. The van der Waals surface area contributed by atoms with Crippen LogP contribution in [0.1, 0.15) is 12.8 Å². The largest absolute Gasteiger partial charge is 0.392 e. The van der Waals surface area contributed by atoms with Gasteiger partial charge in [-0.05, 0) is 19.4 Å². The minimum atomic E-state index is -0.407. The SMILES string of the molecule is COCC(C(=O)NN)N1CCCC(O)C1. The number of nitrogens with one attached hydrogen (secondary N) is 1. The van der Waals surface area contributed by atoms with E-state index in [0.29, 0.717) is 6.54 Å². The molecule has 1 fully saturated rings. The number of methoxy groups -OCH3 is 1. The van der Waals surface area contributed by atoms with Crippen LogP contribution in [0.4, 0.5) is 0 Å². The number of piperidine rings is 1. The van der Waals surface area contributed by atoms with Crippen LogP contribution in [0, 0.1) is 0 Å². The van der Waals surface area contributed by atoms with Crippen LogP contribution in [-0.4, -0.2) is 54.9 Å². The van der Waals surface area contributed by atoms with Gasteiger partial charge in [0.05, 0.1) is 12.7 Å². The number of ether oxygens (including phenoxy) is 1. The normalized spacial score (nSPS) is 24.9. The molecule has 0 aromatic heterocycles. The fraction of sp³-hybridized carbons (Fsp3) is 0.889. The van der Waals surface area contributed by atoms with E-state index in [1.165, 1.54) is 7.11 Å². The highest BCUT2D eigenvalue weighted by Gasteiger charge is 2.29. The number of hydrazine groups is 1. The smallest absolute Gasteiger partial charge is 0.253 e. The summed E-state index contributed by atoms with van der Waals surface area (Å²) in [6.45, 7) is 1.58. The topological polar surface area (TPSA) is 87.8 Å². The van der Waals surface area contributed by atoms with Crippen molar-refractivity contribution in [2.45, 2.75) is 25.0 Å². The van der Waals surface area contributed by atoms with Crippen molar-refractivity contribution in [1.82, 2.24) is 10.3 Å². The lowest BCUT2D eigenvalue weighted by atomic mass is 10.1. The van der Waals surface area contributed by atoms with Gasteiger partial charge in [0.15, 0.2) is 0 Å². The molecule has 0 saturated carbocycles. The molecule has 1 aliphatic heterocycles. The van der Waals surface area contributed by atoms with Gasteiger partial charge in [-0.2, -0.15) is 0 Å². The molecule has 2 unspecified atom stereocenters. The quantitative estimate of drug-likeness (QED) is 0.301. The fourth-order valence-electron chi connectivity index (χ4n) is 1.87. The third kappa shape index (κ3) is 3.42. The van der Waals surface area contributed by atoms with Gasteiger partial charge >= 0.3 is 0 Å². The second kappa shape index (κ2) is 6.02. The Bertz CT molecular complexity index is 213. The average Bonchev–Trinajstić information content (AvgIpc) is 2.25. The van der Waals surface area contributed by atoms with Crippen LogP contribution >= 0.6 is 0 Å². The van der Waals surface area contributed by atoms with E-state index < -0.39 is 6.04 Å². The number of carbonyl (C=O) groups excluding carboxylic acids is 1. The standard InChI is InChI=1S/C9H19N3O3/c1-15-6-8(9(14)11-10)12-4-2-3-7(13)5-12/h7-8,13H,2-6,10H2,1H3,(H,11,14). The average molecular weight is 217 g/mol. The number of aliphatic hydroxyl groups excluding tert-OH is 1. The van der Waals surface area contributed by atoms with Crippen LogP contribution in [0.2, 0.25) is 0 Å². The minimum Gasteiger partial charge on any atom is -0.392 e. The summed E-state index contributed by atoms with van der Waals surface area (Å²) in [5, 5.41) is 9.51. The Morgan fingerprint density at radius 1 is 1.80 bits per heavy atom. The number of β-amino-alcohol motifs (C(OH)–C–C–N with tert-alkyl or cyclic N) is 1. The zero-order valence-corrected chi connectivity index (χ0v) is 8.98. The summed E-state index contributed by atoms with van der Waals surface area (Å²) >= 11 is 0. The molecule has 6 nitrogen and oxygen atoms in total. The van der Waals surface area contributed by atoms with Gasteiger partial charge in [-0.3, -0.25) is 15.1 Å². The van der Waals surface area contributed by atoms with Crippen LogP contribution in [0.3, 0.4) is 0 Å². The van der Waals surface area contributed by atoms with Gasteiger partial charge in [-0.15, -0.1) is 0 Å². The molecule has 0 radical (unpaired) electrons. The molecule has 0 bridgehead atoms. The van der Waals surface area contributed by atoms with Crippen molar-refractivity contribution in [3.8, 4) is 0 Å². The Kier molecular flexibility index (Phi) is 4.97. The molecule has 0 aliphatic carbocycles. The molecular weight excluding hydrogens is 198 g/mol. The van der Waals surface area contributed by atoms with E-state index in [-0.39, 0.29) is 18.6 Å². The maximum Gasteiger partial charge on any atom is 0.253 e. The summed E-state index contributed by atoms with van der Waals surface area (Å²) in [4.78, 5) is 13.4. The number of amides is 1. The maximum atomic E-state index is 11.5. The fourth-order valence-corrected chi connectivity index (χ4v) is 1.87. The summed E-state index contributed by atoms with van der Waals surface area (Å²) in [5.74, 6) is 4.83. The van der Waals surface area contributed by atoms with Gasteiger partial charge in [0.1, 0.15) is 6.04 Å². The summed E-state index contributed by atoms with van der Waals surface area (Å²) in [6, 6.07) is -0.407. The molecule has 6 heteroatoms. The first kappa shape index (κ1) is 12.4. The second-order valence-corrected chi connectivity index (χ2v) is 3.77. The summed E-state index contributed by atoms with van der Waals surface area (Å²) < 4.78 is 4.98. The first-order valence-corrected chi connectivity index (χ1v) is 5.10. The number of rotatable bonds is 4. The first-order chi connectivity index (χ1) is 7.19. The van der Waals surface area contributed by atoms with Gasteiger partial charge in [-0.25, -0.2) is 5.84 Å². The van der Waals surface area contributed by atoms with E-state index in [1.807, 2.05) is 4.90 Å². The lowest BCUT2D eigenvalue weighted by molar-refractivity contribution is -0.129. The molecule has 0 aromatic rings. The Labute approximate surface area is 89.3 Å². The van der Waals surface area contributed by atoms with Crippen LogP contribution in [0.5, 0.6) is 0 Å². The lowest BCUT2D eigenvalue weighted by Crippen LogP contribution is -2.54. The Morgan fingerprint density at radius 3 is 3.07 bits per heavy atom. The molecule has 1 saturated heterocycles. The Hall–Kier alpha value is -0.690. The highest BCUT2D eigenvalue weighted by Crippen LogP contribution is 2.13. The molecule has 2 atom stereocenters. The van der Waals surface area contributed by atoms with Crippen molar-refractivity contribution in [3.05, 3.63) is 0 Å². The van der Waals surface area contributed by atoms with Crippen molar-refractivity contribution < 1.29 is 14.6 Å². The number of carbonyl (C=O) groups is 1. The van der Waals surface area contributed by atoms with Gasteiger partial charge < -0.3 is 9.84 Å². The molecule has 0 aromatic carbocycles. The van der Waals surface area contributed by atoms with Gasteiger partial charge in [-0.1, -0.05) is 0 Å². The number of nitrogens with two attached hydrogens (primary N) is 1. The van der Waals surface area contributed by atoms with Crippen molar-refractivity contribution in [2.75, 3.05) is 26.8 Å². The predicted molar refractivity (Wildman–Crippen MR) is 54.8 cm³/mol. The lowest BCUT2D eigenvalue weighted by Gasteiger charge is -2.35. The van der Waals surface area contributed by atoms with Crippen LogP contribution in [0.25, 0.3) is 0 Å². The van der Waals surface area contributed by atoms with E-state index in [2.05, 4.69) is 5.43 Å². The Morgan fingerprint density at radius 2 is 2.53 bits per heavy atom. The van der Waals surface area contributed by atoms with Gasteiger partial charge in [0, 0.05) is 13.7 Å². The molecular formula is C9H19N3O3. The highest BCUT2D eigenvalue weighted by atomic mass is 16.5. The van der Waals surface area contributed by atoms with Crippen molar-refractivity contribution in [3.63, 3.8) is 0 Å². The molecule has 1 rings (SSSR count). The van der Waals surface area contributed by atoms with Crippen LogP contribution < -0.4 is 11.3 Å².